The highest BCUT2D eigenvalue weighted by Gasteiger charge is 2.36. The molecule has 1 aromatic heterocycles. The summed E-state index contributed by atoms with van der Waals surface area (Å²) in [5, 5.41) is 8.73. The van der Waals surface area contributed by atoms with Gasteiger partial charge >= 0.3 is 0 Å². The molecule has 3 fully saturated rings. The van der Waals surface area contributed by atoms with Crippen LogP contribution in [0.3, 0.4) is 0 Å². The zero-order valence-electron chi connectivity index (χ0n) is 19.8. The van der Waals surface area contributed by atoms with Crippen LogP contribution in [0.15, 0.2) is 4.42 Å². The maximum absolute atomic E-state index is 13.1. The Labute approximate surface area is 191 Å². The molecule has 0 N–H and O–H groups in total. The van der Waals surface area contributed by atoms with E-state index >= 15 is 0 Å². The molecule has 0 aromatic carbocycles. The van der Waals surface area contributed by atoms with Crippen molar-refractivity contribution < 1.29 is 18.7 Å². The lowest BCUT2D eigenvalue weighted by atomic mass is 9.91. The Balaban J connectivity index is 1.37. The van der Waals surface area contributed by atoms with Crippen molar-refractivity contribution in [2.24, 2.45) is 5.41 Å². The van der Waals surface area contributed by atoms with Crippen molar-refractivity contribution in [3.8, 4) is 0 Å². The molecule has 2 amide bonds. The molecule has 0 aliphatic carbocycles. The topological polar surface area (TPSA) is 88.8 Å². The normalized spacial score (nSPS) is 25.7. The third kappa shape index (κ3) is 5.33. The number of carbonyl (C=O) groups excluding carboxylic acids is 2. The summed E-state index contributed by atoms with van der Waals surface area (Å²) in [4.78, 5) is 29.5. The second-order valence-corrected chi connectivity index (χ2v) is 10.6. The molecule has 3 saturated heterocycles. The molecule has 1 aromatic rings. The van der Waals surface area contributed by atoms with Crippen LogP contribution in [0.1, 0.15) is 102 Å². The van der Waals surface area contributed by atoms with E-state index in [1.165, 1.54) is 0 Å². The fraction of sp³-hybridized carbons (Fsp3) is 0.833. The molecule has 8 nitrogen and oxygen atoms in total. The molecular formula is C24H38N4O4. The largest absolute Gasteiger partial charge is 0.423 e. The number of piperidine rings is 2. The number of nitrogens with zero attached hydrogens (tertiary/aromatic N) is 4. The molecule has 0 unspecified atom stereocenters. The lowest BCUT2D eigenvalue weighted by molar-refractivity contribution is -0.140. The molecule has 3 aliphatic heterocycles. The van der Waals surface area contributed by atoms with Crippen LogP contribution in [-0.4, -0.2) is 64.2 Å². The van der Waals surface area contributed by atoms with Crippen molar-refractivity contribution in [3.63, 3.8) is 0 Å². The number of hydrogen-bond acceptors (Lipinski definition) is 6. The summed E-state index contributed by atoms with van der Waals surface area (Å²) >= 11 is 0. The van der Waals surface area contributed by atoms with Crippen molar-refractivity contribution >= 4 is 11.8 Å². The summed E-state index contributed by atoms with van der Waals surface area (Å²) in [6, 6.07) is -0.136. The molecule has 4 rings (SSSR count). The lowest BCUT2D eigenvalue weighted by Gasteiger charge is -2.35. The van der Waals surface area contributed by atoms with Gasteiger partial charge in [-0.2, -0.15) is 0 Å². The van der Waals surface area contributed by atoms with Gasteiger partial charge in [0, 0.05) is 37.6 Å². The Bertz CT molecular complexity index is 788. The van der Waals surface area contributed by atoms with Gasteiger partial charge in [0.25, 0.3) is 0 Å². The SMILES string of the molecule is CC(C)(C)C(=O)N1CCC(c2nnc([C@@H]3CCCCN3C(=O)C[C@@H]3CCCCO3)o2)CC1. The zero-order chi connectivity index (χ0) is 22.7. The van der Waals surface area contributed by atoms with Gasteiger partial charge in [-0.15, -0.1) is 10.2 Å². The summed E-state index contributed by atoms with van der Waals surface area (Å²) in [7, 11) is 0. The van der Waals surface area contributed by atoms with Crippen molar-refractivity contribution in [3.05, 3.63) is 11.8 Å². The summed E-state index contributed by atoms with van der Waals surface area (Å²) in [5.41, 5.74) is -0.357. The zero-order valence-corrected chi connectivity index (χ0v) is 19.8. The van der Waals surface area contributed by atoms with Gasteiger partial charge in [-0.3, -0.25) is 9.59 Å². The Morgan fingerprint density at radius 1 is 0.938 bits per heavy atom. The second kappa shape index (κ2) is 9.89. The van der Waals surface area contributed by atoms with Gasteiger partial charge in [-0.1, -0.05) is 20.8 Å². The third-order valence-corrected chi connectivity index (χ3v) is 7.01. The molecule has 8 heteroatoms. The smallest absolute Gasteiger partial charge is 0.238 e. The maximum atomic E-state index is 13.1. The van der Waals surface area contributed by atoms with Gasteiger partial charge in [-0.25, -0.2) is 0 Å². The number of likely N-dealkylation sites (tertiary alicyclic amines) is 2. The molecule has 32 heavy (non-hydrogen) atoms. The molecule has 0 radical (unpaired) electrons. The first-order valence-electron chi connectivity index (χ1n) is 12.4. The highest BCUT2D eigenvalue weighted by atomic mass is 16.5. The number of ether oxygens (including phenoxy) is 1. The first-order chi connectivity index (χ1) is 15.3. The van der Waals surface area contributed by atoms with Crippen LogP contribution in [0.25, 0.3) is 0 Å². The van der Waals surface area contributed by atoms with Crippen LogP contribution in [0.2, 0.25) is 0 Å². The number of amides is 2. The average molecular weight is 447 g/mol. The summed E-state index contributed by atoms with van der Waals surface area (Å²) < 4.78 is 11.9. The van der Waals surface area contributed by atoms with Crippen LogP contribution in [-0.2, 0) is 14.3 Å². The molecule has 3 aliphatic rings. The molecule has 2 atom stereocenters. The number of hydrogen-bond donors (Lipinski definition) is 0. The monoisotopic (exact) mass is 446 g/mol. The minimum Gasteiger partial charge on any atom is -0.423 e. The van der Waals surface area contributed by atoms with Crippen LogP contribution in [0.4, 0.5) is 0 Å². The average Bonchev–Trinajstić information content (AvgIpc) is 3.29. The van der Waals surface area contributed by atoms with E-state index in [4.69, 9.17) is 9.15 Å². The number of carbonyl (C=O) groups is 2. The maximum Gasteiger partial charge on any atom is 0.238 e. The summed E-state index contributed by atoms with van der Waals surface area (Å²) in [6.07, 6.45) is 8.25. The highest BCUT2D eigenvalue weighted by molar-refractivity contribution is 5.81. The first-order valence-corrected chi connectivity index (χ1v) is 12.4. The Morgan fingerprint density at radius 2 is 1.66 bits per heavy atom. The van der Waals surface area contributed by atoms with E-state index in [-0.39, 0.29) is 35.3 Å². The van der Waals surface area contributed by atoms with Crippen molar-refractivity contribution in [2.75, 3.05) is 26.2 Å². The standard InChI is InChI=1S/C24H38N4O4/c1-24(2,3)23(30)27-13-10-17(11-14-27)21-25-26-22(32-21)19-9-4-6-12-28(19)20(29)16-18-8-5-7-15-31-18/h17-19H,4-16H2,1-3H3/t18-,19-/m0/s1. The minimum absolute atomic E-state index is 0.0399. The fourth-order valence-electron chi connectivity index (χ4n) is 5.12. The van der Waals surface area contributed by atoms with Gasteiger partial charge in [0.05, 0.1) is 12.5 Å². The predicted octanol–water partition coefficient (Wildman–Crippen LogP) is 3.83. The third-order valence-electron chi connectivity index (χ3n) is 7.01. The van der Waals surface area contributed by atoms with Crippen molar-refractivity contribution in [1.82, 2.24) is 20.0 Å². The van der Waals surface area contributed by atoms with E-state index in [0.717, 1.165) is 64.5 Å². The Hall–Kier alpha value is -1.96. The fourth-order valence-corrected chi connectivity index (χ4v) is 5.12. The predicted molar refractivity (Wildman–Crippen MR) is 119 cm³/mol. The lowest BCUT2D eigenvalue weighted by Crippen LogP contribution is -2.43. The summed E-state index contributed by atoms with van der Waals surface area (Å²) in [5.74, 6) is 1.71. The second-order valence-electron chi connectivity index (χ2n) is 10.6. The van der Waals surface area contributed by atoms with Crippen LogP contribution >= 0.6 is 0 Å². The van der Waals surface area contributed by atoms with Gasteiger partial charge in [0.1, 0.15) is 6.04 Å². The molecular weight excluding hydrogens is 408 g/mol. The van der Waals surface area contributed by atoms with E-state index in [0.29, 0.717) is 31.3 Å². The van der Waals surface area contributed by atoms with Crippen molar-refractivity contribution in [2.45, 2.75) is 96.6 Å². The van der Waals surface area contributed by atoms with Crippen LogP contribution in [0, 0.1) is 5.41 Å². The minimum atomic E-state index is -0.357. The molecule has 0 spiro atoms. The van der Waals surface area contributed by atoms with Gasteiger partial charge in [0.15, 0.2) is 0 Å². The van der Waals surface area contributed by atoms with Crippen LogP contribution in [0.5, 0.6) is 0 Å². The highest BCUT2D eigenvalue weighted by Crippen LogP contribution is 2.34. The molecule has 0 bridgehead atoms. The molecule has 0 saturated carbocycles. The van der Waals surface area contributed by atoms with E-state index in [9.17, 15) is 9.59 Å². The number of rotatable bonds is 4. The van der Waals surface area contributed by atoms with E-state index < -0.39 is 0 Å². The molecule has 4 heterocycles. The Kier molecular flexibility index (Phi) is 7.17. The van der Waals surface area contributed by atoms with Gasteiger partial charge in [0.2, 0.25) is 23.6 Å². The Morgan fingerprint density at radius 3 is 2.34 bits per heavy atom. The number of aromatic nitrogens is 2. The van der Waals surface area contributed by atoms with E-state index in [1.54, 1.807) is 0 Å². The van der Waals surface area contributed by atoms with Crippen LogP contribution < -0.4 is 0 Å². The van der Waals surface area contributed by atoms with Gasteiger partial charge in [-0.05, 0) is 51.4 Å². The quantitative estimate of drug-likeness (QED) is 0.698. The van der Waals surface area contributed by atoms with E-state index in [1.807, 2.05) is 30.6 Å². The van der Waals surface area contributed by atoms with Gasteiger partial charge < -0.3 is 19.0 Å². The summed E-state index contributed by atoms with van der Waals surface area (Å²) in [6.45, 7) is 8.81. The molecule has 178 valence electrons. The van der Waals surface area contributed by atoms with Crippen molar-refractivity contribution in [1.29, 1.82) is 0 Å². The first kappa shape index (κ1) is 23.2. The van der Waals surface area contributed by atoms with E-state index in [2.05, 4.69) is 10.2 Å².